The molecule has 0 saturated heterocycles. The van der Waals surface area contributed by atoms with E-state index in [9.17, 15) is 4.79 Å². The topological polar surface area (TPSA) is 69.8 Å². The third-order valence-electron chi connectivity index (χ3n) is 1.55. The Hall–Kier alpha value is -1.36. The van der Waals surface area contributed by atoms with Crippen LogP contribution in [0.3, 0.4) is 0 Å². The Balaban J connectivity index is 1.99. The molecule has 0 bridgehead atoms. The van der Waals surface area contributed by atoms with Crippen LogP contribution in [-0.2, 0) is 11.3 Å². The first-order valence-electron chi connectivity index (χ1n) is 4.21. The molecule has 72 valence electrons. The van der Waals surface area contributed by atoms with E-state index in [1.165, 1.54) is 6.92 Å². The van der Waals surface area contributed by atoms with Gasteiger partial charge in [-0.25, -0.2) is 4.98 Å². The van der Waals surface area contributed by atoms with Gasteiger partial charge in [-0.2, -0.15) is 0 Å². The van der Waals surface area contributed by atoms with Crippen molar-refractivity contribution in [1.29, 1.82) is 0 Å². The van der Waals surface area contributed by atoms with E-state index in [1.807, 2.05) is 0 Å². The van der Waals surface area contributed by atoms with E-state index in [1.54, 1.807) is 12.5 Å². The first kappa shape index (κ1) is 9.73. The Morgan fingerprint density at radius 2 is 2.46 bits per heavy atom. The number of hydrogen-bond acceptors (Lipinski definition) is 3. The van der Waals surface area contributed by atoms with Crippen LogP contribution in [0.2, 0.25) is 0 Å². The number of rotatable bonds is 5. The molecule has 0 fully saturated rings. The van der Waals surface area contributed by atoms with Crippen molar-refractivity contribution in [2.24, 2.45) is 0 Å². The summed E-state index contributed by atoms with van der Waals surface area (Å²) < 4.78 is 0. The zero-order chi connectivity index (χ0) is 9.52. The molecule has 1 rings (SSSR count). The number of carbonyl (C=O) groups excluding carboxylic acids is 1. The number of nitrogens with one attached hydrogen (secondary N) is 3. The van der Waals surface area contributed by atoms with E-state index in [0.717, 1.165) is 18.8 Å². The SMILES string of the molecule is CC(=O)NCCNCc1cnc[nH]1. The van der Waals surface area contributed by atoms with Gasteiger partial charge in [-0.15, -0.1) is 0 Å². The van der Waals surface area contributed by atoms with Crippen LogP contribution >= 0.6 is 0 Å². The average Bonchev–Trinajstić information content (AvgIpc) is 2.55. The highest BCUT2D eigenvalue weighted by Crippen LogP contribution is 1.87. The van der Waals surface area contributed by atoms with E-state index < -0.39 is 0 Å². The summed E-state index contributed by atoms with van der Waals surface area (Å²) in [5.41, 5.74) is 1.04. The molecule has 0 radical (unpaired) electrons. The van der Waals surface area contributed by atoms with E-state index in [2.05, 4.69) is 20.6 Å². The molecule has 0 aliphatic rings. The fourth-order valence-electron chi connectivity index (χ4n) is 0.931. The second-order valence-electron chi connectivity index (χ2n) is 2.74. The molecule has 13 heavy (non-hydrogen) atoms. The van der Waals surface area contributed by atoms with Crippen molar-refractivity contribution < 1.29 is 4.79 Å². The summed E-state index contributed by atoms with van der Waals surface area (Å²) in [6, 6.07) is 0. The number of nitrogens with zero attached hydrogens (tertiary/aromatic N) is 1. The maximum atomic E-state index is 10.5. The molecule has 0 saturated carbocycles. The summed E-state index contributed by atoms with van der Waals surface area (Å²) in [6.45, 7) is 3.68. The second kappa shape index (κ2) is 5.31. The summed E-state index contributed by atoms with van der Waals surface area (Å²) in [4.78, 5) is 17.3. The molecular formula is C8H14N4O. The number of aromatic amines is 1. The van der Waals surface area contributed by atoms with Crippen LogP contribution < -0.4 is 10.6 Å². The van der Waals surface area contributed by atoms with Crippen molar-refractivity contribution in [3.63, 3.8) is 0 Å². The van der Waals surface area contributed by atoms with Crippen LogP contribution in [0, 0.1) is 0 Å². The molecule has 1 aromatic rings. The molecule has 1 heterocycles. The van der Waals surface area contributed by atoms with Crippen LogP contribution in [0.5, 0.6) is 0 Å². The zero-order valence-electron chi connectivity index (χ0n) is 7.63. The Morgan fingerprint density at radius 1 is 1.62 bits per heavy atom. The van der Waals surface area contributed by atoms with E-state index in [4.69, 9.17) is 0 Å². The first-order chi connectivity index (χ1) is 6.29. The molecule has 0 atom stereocenters. The highest BCUT2D eigenvalue weighted by atomic mass is 16.1. The highest BCUT2D eigenvalue weighted by molar-refractivity contribution is 5.72. The van der Waals surface area contributed by atoms with Gasteiger partial charge < -0.3 is 15.6 Å². The molecule has 1 aromatic heterocycles. The maximum Gasteiger partial charge on any atom is 0.216 e. The van der Waals surface area contributed by atoms with Gasteiger partial charge in [-0.05, 0) is 0 Å². The van der Waals surface area contributed by atoms with Crippen molar-refractivity contribution in [2.75, 3.05) is 13.1 Å². The van der Waals surface area contributed by atoms with Gasteiger partial charge in [-0.1, -0.05) is 0 Å². The average molecular weight is 182 g/mol. The van der Waals surface area contributed by atoms with Crippen LogP contribution in [-0.4, -0.2) is 29.0 Å². The Labute approximate surface area is 76.9 Å². The molecule has 1 amide bonds. The smallest absolute Gasteiger partial charge is 0.216 e. The van der Waals surface area contributed by atoms with Crippen LogP contribution in [0.25, 0.3) is 0 Å². The van der Waals surface area contributed by atoms with Crippen LogP contribution in [0.4, 0.5) is 0 Å². The standard InChI is InChI=1S/C8H14N4O/c1-7(13)11-3-2-9-4-8-5-10-6-12-8/h5-6,9H,2-4H2,1H3,(H,10,12)(H,11,13). The van der Waals surface area contributed by atoms with Gasteiger partial charge in [-0.3, -0.25) is 4.79 Å². The Kier molecular flexibility index (Phi) is 3.98. The van der Waals surface area contributed by atoms with Gasteiger partial charge in [0.05, 0.1) is 6.33 Å². The third-order valence-corrected chi connectivity index (χ3v) is 1.55. The molecule has 5 heteroatoms. The predicted molar refractivity (Wildman–Crippen MR) is 49.0 cm³/mol. The molecule has 0 aliphatic heterocycles. The second-order valence-corrected chi connectivity index (χ2v) is 2.74. The number of carbonyl (C=O) groups is 1. The quantitative estimate of drug-likeness (QED) is 0.544. The van der Waals surface area contributed by atoms with E-state index in [0.29, 0.717) is 6.54 Å². The van der Waals surface area contributed by atoms with Gasteiger partial charge in [0.1, 0.15) is 0 Å². The monoisotopic (exact) mass is 182 g/mol. The number of H-pyrrole nitrogens is 1. The molecule has 0 spiro atoms. The van der Waals surface area contributed by atoms with Crippen molar-refractivity contribution in [1.82, 2.24) is 20.6 Å². The maximum absolute atomic E-state index is 10.5. The molecule has 0 aliphatic carbocycles. The van der Waals surface area contributed by atoms with Crippen molar-refractivity contribution in [3.8, 4) is 0 Å². The number of amides is 1. The number of hydrogen-bond donors (Lipinski definition) is 3. The third kappa shape index (κ3) is 4.27. The summed E-state index contributed by atoms with van der Waals surface area (Å²) in [7, 11) is 0. The molecule has 3 N–H and O–H groups in total. The van der Waals surface area contributed by atoms with Gasteiger partial charge in [0.25, 0.3) is 0 Å². The van der Waals surface area contributed by atoms with Crippen LogP contribution in [0.1, 0.15) is 12.6 Å². The fraction of sp³-hybridized carbons (Fsp3) is 0.500. The highest BCUT2D eigenvalue weighted by Gasteiger charge is 1.92. The minimum atomic E-state index is 0.00309. The zero-order valence-corrected chi connectivity index (χ0v) is 7.63. The fourth-order valence-corrected chi connectivity index (χ4v) is 0.931. The number of imidazole rings is 1. The summed E-state index contributed by atoms with van der Waals surface area (Å²) in [6.07, 6.45) is 3.41. The predicted octanol–water partition coefficient (Wildman–Crippen LogP) is -0.365. The largest absolute Gasteiger partial charge is 0.355 e. The minimum absolute atomic E-state index is 0.00309. The molecular weight excluding hydrogens is 168 g/mol. The van der Waals surface area contributed by atoms with Crippen molar-refractivity contribution in [2.45, 2.75) is 13.5 Å². The Morgan fingerprint density at radius 3 is 3.08 bits per heavy atom. The first-order valence-corrected chi connectivity index (χ1v) is 4.21. The lowest BCUT2D eigenvalue weighted by atomic mass is 10.4. The van der Waals surface area contributed by atoms with E-state index >= 15 is 0 Å². The molecule has 0 aromatic carbocycles. The van der Waals surface area contributed by atoms with Gasteiger partial charge in [0.2, 0.25) is 5.91 Å². The number of aromatic nitrogens is 2. The summed E-state index contributed by atoms with van der Waals surface area (Å²) in [5.74, 6) is 0.00309. The van der Waals surface area contributed by atoms with Crippen molar-refractivity contribution in [3.05, 3.63) is 18.2 Å². The normalized spacial score (nSPS) is 9.92. The lowest BCUT2D eigenvalue weighted by Gasteiger charge is -2.02. The molecule has 5 nitrogen and oxygen atoms in total. The van der Waals surface area contributed by atoms with Crippen molar-refractivity contribution >= 4 is 5.91 Å². The lowest BCUT2D eigenvalue weighted by Crippen LogP contribution is -2.29. The molecule has 0 unspecified atom stereocenters. The lowest BCUT2D eigenvalue weighted by molar-refractivity contribution is -0.118. The van der Waals surface area contributed by atoms with E-state index in [-0.39, 0.29) is 5.91 Å². The van der Waals surface area contributed by atoms with Gasteiger partial charge >= 0.3 is 0 Å². The van der Waals surface area contributed by atoms with Gasteiger partial charge in [0, 0.05) is 38.4 Å². The van der Waals surface area contributed by atoms with Crippen LogP contribution in [0.15, 0.2) is 12.5 Å². The van der Waals surface area contributed by atoms with Gasteiger partial charge in [0.15, 0.2) is 0 Å². The summed E-state index contributed by atoms with van der Waals surface area (Å²) >= 11 is 0. The minimum Gasteiger partial charge on any atom is -0.355 e. The Bertz CT molecular complexity index is 245. The summed E-state index contributed by atoms with van der Waals surface area (Å²) in [5, 5.41) is 5.86.